The number of hydrogen-bond acceptors (Lipinski definition) is 4. The molecule has 0 saturated heterocycles. The summed E-state index contributed by atoms with van der Waals surface area (Å²) in [5.41, 5.74) is 6.88. The predicted molar refractivity (Wildman–Crippen MR) is 108 cm³/mol. The Labute approximate surface area is 159 Å². The van der Waals surface area contributed by atoms with Gasteiger partial charge in [0.05, 0.1) is 12.4 Å². The highest BCUT2D eigenvalue weighted by Crippen LogP contribution is 2.32. The molecule has 5 heteroatoms. The number of hydrogen-bond donors (Lipinski definition) is 1. The van der Waals surface area contributed by atoms with Gasteiger partial charge < -0.3 is 10.2 Å². The van der Waals surface area contributed by atoms with E-state index in [1.54, 1.807) is 12.4 Å². The molecule has 0 radical (unpaired) electrons. The number of carbonyl (C=O) groups is 1. The van der Waals surface area contributed by atoms with Gasteiger partial charge in [-0.2, -0.15) is 0 Å². The zero-order chi connectivity index (χ0) is 19.0. The number of carbonyl (C=O) groups excluding carboxylic acids is 1. The van der Waals surface area contributed by atoms with Crippen LogP contribution >= 0.6 is 0 Å². The van der Waals surface area contributed by atoms with Gasteiger partial charge >= 0.3 is 0 Å². The molecule has 5 nitrogen and oxygen atoms in total. The van der Waals surface area contributed by atoms with Gasteiger partial charge in [-0.3, -0.25) is 4.79 Å². The van der Waals surface area contributed by atoms with Gasteiger partial charge in [-0.25, -0.2) is 9.97 Å². The third kappa shape index (κ3) is 3.28. The molecular weight excluding hydrogens is 336 g/mol. The van der Waals surface area contributed by atoms with Crippen LogP contribution < -0.4 is 10.2 Å². The summed E-state index contributed by atoms with van der Waals surface area (Å²) in [5, 5.41) is 2.97. The van der Waals surface area contributed by atoms with E-state index >= 15 is 0 Å². The second-order valence-corrected chi connectivity index (χ2v) is 7.02. The number of nitrogens with one attached hydrogen (secondary N) is 1. The first-order valence-corrected chi connectivity index (χ1v) is 9.09. The Morgan fingerprint density at radius 3 is 2.48 bits per heavy atom. The van der Waals surface area contributed by atoms with E-state index in [9.17, 15) is 4.79 Å². The minimum Gasteiger partial charge on any atom is -0.325 e. The lowest BCUT2D eigenvalue weighted by Crippen LogP contribution is -2.18. The molecule has 0 aliphatic carbocycles. The molecule has 2 aromatic carbocycles. The van der Waals surface area contributed by atoms with E-state index in [1.807, 2.05) is 26.8 Å². The molecule has 4 rings (SSSR count). The predicted octanol–water partition coefficient (Wildman–Crippen LogP) is 4.35. The highest BCUT2D eigenvalue weighted by Gasteiger charge is 2.21. The Bertz CT molecular complexity index is 988. The number of para-hydroxylation sites is 1. The summed E-state index contributed by atoms with van der Waals surface area (Å²) in [5.74, 6) is 0.519. The van der Waals surface area contributed by atoms with Crippen LogP contribution in [0.5, 0.6) is 0 Å². The fourth-order valence-corrected chi connectivity index (χ4v) is 3.71. The Hall–Kier alpha value is -3.21. The maximum absolute atomic E-state index is 12.6. The largest absolute Gasteiger partial charge is 0.325 e. The summed E-state index contributed by atoms with van der Waals surface area (Å²) < 4.78 is 0. The van der Waals surface area contributed by atoms with E-state index < -0.39 is 0 Å². The quantitative estimate of drug-likeness (QED) is 0.756. The number of fused-ring (bicyclic) bond motifs is 1. The van der Waals surface area contributed by atoms with E-state index in [2.05, 4.69) is 50.5 Å². The third-order valence-corrected chi connectivity index (χ3v) is 4.95. The molecule has 0 spiro atoms. The number of anilines is 3. The van der Waals surface area contributed by atoms with Gasteiger partial charge in [0.1, 0.15) is 5.69 Å². The van der Waals surface area contributed by atoms with Crippen LogP contribution in [-0.4, -0.2) is 22.4 Å². The molecule has 2 heterocycles. The molecule has 1 aromatic heterocycles. The maximum Gasteiger partial charge on any atom is 0.275 e. The summed E-state index contributed by atoms with van der Waals surface area (Å²) in [7, 11) is 0. The van der Waals surface area contributed by atoms with Crippen LogP contribution in [0.3, 0.4) is 0 Å². The highest BCUT2D eigenvalue weighted by atomic mass is 16.1. The molecule has 0 bridgehead atoms. The Morgan fingerprint density at radius 2 is 1.78 bits per heavy atom. The molecule has 0 unspecified atom stereocenters. The van der Waals surface area contributed by atoms with Crippen LogP contribution in [-0.2, 0) is 6.42 Å². The lowest BCUT2D eigenvalue weighted by molar-refractivity contribution is 0.102. The van der Waals surface area contributed by atoms with E-state index in [-0.39, 0.29) is 5.91 Å². The summed E-state index contributed by atoms with van der Waals surface area (Å²) in [6.45, 7) is 6.91. The molecule has 27 heavy (non-hydrogen) atoms. The number of rotatable bonds is 3. The van der Waals surface area contributed by atoms with Crippen molar-refractivity contribution in [1.82, 2.24) is 9.97 Å². The van der Waals surface area contributed by atoms with E-state index in [4.69, 9.17) is 0 Å². The van der Waals surface area contributed by atoms with Gasteiger partial charge in [-0.1, -0.05) is 35.9 Å². The number of aryl methyl sites for hydroxylation is 3. The maximum atomic E-state index is 12.6. The molecule has 0 saturated carbocycles. The number of aromatic nitrogens is 2. The van der Waals surface area contributed by atoms with Crippen molar-refractivity contribution in [3.05, 3.63) is 76.7 Å². The highest BCUT2D eigenvalue weighted by molar-refractivity contribution is 6.03. The van der Waals surface area contributed by atoms with E-state index in [0.29, 0.717) is 5.69 Å². The van der Waals surface area contributed by atoms with Crippen molar-refractivity contribution in [2.75, 3.05) is 16.8 Å². The molecule has 1 N–H and O–H groups in total. The molecule has 1 aliphatic heterocycles. The number of benzene rings is 2. The second kappa shape index (κ2) is 6.83. The minimum atomic E-state index is -0.245. The van der Waals surface area contributed by atoms with Crippen molar-refractivity contribution in [1.29, 1.82) is 0 Å². The zero-order valence-corrected chi connectivity index (χ0v) is 15.8. The van der Waals surface area contributed by atoms with E-state index in [1.165, 1.54) is 11.1 Å². The Kier molecular flexibility index (Phi) is 4.36. The fraction of sp³-hybridized carbons (Fsp3) is 0.227. The van der Waals surface area contributed by atoms with Gasteiger partial charge in [-0.05, 0) is 49.9 Å². The average Bonchev–Trinajstić information content (AvgIpc) is 3.09. The molecule has 0 atom stereocenters. The molecule has 1 aliphatic rings. The van der Waals surface area contributed by atoms with Crippen LogP contribution in [0.4, 0.5) is 17.2 Å². The van der Waals surface area contributed by atoms with Crippen molar-refractivity contribution < 1.29 is 4.79 Å². The first kappa shape index (κ1) is 17.2. The van der Waals surface area contributed by atoms with Crippen molar-refractivity contribution in [2.24, 2.45) is 0 Å². The van der Waals surface area contributed by atoms with Crippen molar-refractivity contribution in [3.8, 4) is 0 Å². The number of nitrogens with zero attached hydrogens (tertiary/aromatic N) is 3. The van der Waals surface area contributed by atoms with Crippen molar-refractivity contribution >= 4 is 23.1 Å². The van der Waals surface area contributed by atoms with Gasteiger partial charge in [0, 0.05) is 17.9 Å². The van der Waals surface area contributed by atoms with Crippen LogP contribution in [0.2, 0.25) is 0 Å². The summed E-state index contributed by atoms with van der Waals surface area (Å²) >= 11 is 0. The Balaban J connectivity index is 1.54. The van der Waals surface area contributed by atoms with Gasteiger partial charge in [0.25, 0.3) is 5.91 Å². The smallest absolute Gasteiger partial charge is 0.275 e. The first-order valence-electron chi connectivity index (χ1n) is 9.09. The number of amides is 1. The molecule has 1 amide bonds. The van der Waals surface area contributed by atoms with E-state index in [0.717, 1.165) is 41.3 Å². The zero-order valence-electron chi connectivity index (χ0n) is 15.8. The fourth-order valence-electron chi connectivity index (χ4n) is 3.71. The van der Waals surface area contributed by atoms with Gasteiger partial charge in [-0.15, -0.1) is 0 Å². The SMILES string of the molecule is Cc1cc(C)c(NC(=O)c2cnc(N3CCc4ccccc43)cn2)c(C)c1. The van der Waals surface area contributed by atoms with Crippen molar-refractivity contribution in [2.45, 2.75) is 27.2 Å². The molecule has 3 aromatic rings. The van der Waals surface area contributed by atoms with Crippen LogP contribution in [0.25, 0.3) is 0 Å². The molecule has 136 valence electrons. The van der Waals surface area contributed by atoms with Crippen LogP contribution in [0, 0.1) is 20.8 Å². The minimum absolute atomic E-state index is 0.245. The van der Waals surface area contributed by atoms with Crippen molar-refractivity contribution in [3.63, 3.8) is 0 Å². The topological polar surface area (TPSA) is 58.1 Å². The second-order valence-electron chi connectivity index (χ2n) is 7.02. The van der Waals surface area contributed by atoms with Crippen LogP contribution in [0.1, 0.15) is 32.7 Å². The molecule has 0 fully saturated rings. The van der Waals surface area contributed by atoms with Crippen LogP contribution in [0.15, 0.2) is 48.8 Å². The summed E-state index contributed by atoms with van der Waals surface area (Å²) in [6.07, 6.45) is 4.21. The average molecular weight is 358 g/mol. The lowest BCUT2D eigenvalue weighted by Gasteiger charge is -2.18. The normalized spacial score (nSPS) is 12.8. The third-order valence-electron chi connectivity index (χ3n) is 4.95. The summed E-state index contributed by atoms with van der Waals surface area (Å²) in [6, 6.07) is 12.4. The monoisotopic (exact) mass is 358 g/mol. The standard InChI is InChI=1S/C22H22N4O/c1-14-10-15(2)21(16(3)11-14)25-22(27)18-12-24-20(13-23-18)26-9-8-17-6-4-5-7-19(17)26/h4-7,10-13H,8-9H2,1-3H3,(H,25,27). The summed E-state index contributed by atoms with van der Waals surface area (Å²) in [4.78, 5) is 23.6. The van der Waals surface area contributed by atoms with Gasteiger partial charge in [0.2, 0.25) is 0 Å². The molecular formula is C22H22N4O. The Morgan fingerprint density at radius 1 is 1.04 bits per heavy atom. The van der Waals surface area contributed by atoms with Gasteiger partial charge in [0.15, 0.2) is 5.82 Å². The first-order chi connectivity index (χ1) is 13.0. The lowest BCUT2D eigenvalue weighted by atomic mass is 10.1.